The summed E-state index contributed by atoms with van der Waals surface area (Å²) in [5.74, 6) is -0.203. The molecule has 0 aliphatic rings. The average molecular weight is 407 g/mol. The number of hydrogen-bond donors (Lipinski definition) is 1. The zero-order valence-corrected chi connectivity index (χ0v) is 16.8. The van der Waals surface area contributed by atoms with Crippen molar-refractivity contribution >= 4 is 43.1 Å². The summed E-state index contributed by atoms with van der Waals surface area (Å²) in [6.45, 7) is 0. The number of nitrogens with one attached hydrogen (secondary N) is 1. The van der Waals surface area contributed by atoms with Gasteiger partial charge < -0.3 is 5.32 Å². The third-order valence-electron chi connectivity index (χ3n) is 5.09. The Morgan fingerprint density at radius 1 is 0.667 bits per heavy atom. The van der Waals surface area contributed by atoms with E-state index in [1.54, 1.807) is 17.4 Å². The van der Waals surface area contributed by atoms with Crippen LogP contribution in [0.3, 0.4) is 0 Å². The second-order valence-corrected chi connectivity index (χ2v) is 8.12. The predicted molar refractivity (Wildman–Crippen MR) is 125 cm³/mol. The number of fused-ring (bicyclic) bond motifs is 2. The Hall–Kier alpha value is -3.76. The molecule has 0 bridgehead atoms. The van der Waals surface area contributed by atoms with E-state index in [1.165, 1.54) is 0 Å². The molecule has 0 fully saturated rings. The number of carbonyl (C=O) groups excluding carboxylic acids is 1. The molecule has 0 aliphatic carbocycles. The summed E-state index contributed by atoms with van der Waals surface area (Å²) < 4.78 is 1.87. The molecule has 0 radical (unpaired) electrons. The van der Waals surface area contributed by atoms with Crippen LogP contribution in [-0.2, 0) is 0 Å². The summed E-state index contributed by atoms with van der Waals surface area (Å²) in [6, 6.07) is 30.6. The Labute approximate surface area is 177 Å². The van der Waals surface area contributed by atoms with E-state index < -0.39 is 0 Å². The van der Waals surface area contributed by atoms with Crippen molar-refractivity contribution in [3.05, 3.63) is 113 Å². The SMILES string of the molecule is O=C(Nc1ccc2sc3ccccc3c(=O)c2c1)c1ccc(-c2ccccc2)cc1. The number of amides is 1. The first kappa shape index (κ1) is 18.3. The molecular formula is C26H17NO2S. The van der Waals surface area contributed by atoms with Gasteiger partial charge in [0.2, 0.25) is 0 Å². The van der Waals surface area contributed by atoms with Gasteiger partial charge in [-0.05, 0) is 53.6 Å². The molecule has 1 N–H and O–H groups in total. The molecule has 0 aliphatic heterocycles. The van der Waals surface area contributed by atoms with Crippen LogP contribution < -0.4 is 10.7 Å². The molecule has 0 unspecified atom stereocenters. The summed E-state index contributed by atoms with van der Waals surface area (Å²) in [6.07, 6.45) is 0. The van der Waals surface area contributed by atoms with Gasteiger partial charge in [0.1, 0.15) is 0 Å². The molecule has 3 nitrogen and oxygen atoms in total. The molecule has 0 spiro atoms. The largest absolute Gasteiger partial charge is 0.322 e. The Bertz CT molecular complexity index is 1440. The number of anilines is 1. The van der Waals surface area contributed by atoms with Gasteiger partial charge in [0.25, 0.3) is 5.91 Å². The van der Waals surface area contributed by atoms with Crippen molar-refractivity contribution in [1.29, 1.82) is 0 Å². The Kier molecular flexibility index (Phi) is 4.62. The van der Waals surface area contributed by atoms with E-state index in [-0.39, 0.29) is 11.3 Å². The van der Waals surface area contributed by atoms with Crippen LogP contribution in [0.15, 0.2) is 102 Å². The van der Waals surface area contributed by atoms with Gasteiger partial charge in [-0.25, -0.2) is 0 Å². The van der Waals surface area contributed by atoms with Crippen LogP contribution in [0.2, 0.25) is 0 Å². The first-order valence-corrected chi connectivity index (χ1v) is 10.4. The minimum absolute atomic E-state index is 0.0114. The van der Waals surface area contributed by atoms with Gasteiger partial charge in [0.15, 0.2) is 5.43 Å². The van der Waals surface area contributed by atoms with Crippen molar-refractivity contribution in [3.8, 4) is 11.1 Å². The number of hydrogen-bond acceptors (Lipinski definition) is 3. The minimum atomic E-state index is -0.203. The Balaban J connectivity index is 1.43. The van der Waals surface area contributed by atoms with E-state index in [4.69, 9.17) is 0 Å². The molecule has 5 rings (SSSR count). The van der Waals surface area contributed by atoms with Gasteiger partial charge in [-0.2, -0.15) is 0 Å². The molecule has 4 heteroatoms. The first-order valence-electron chi connectivity index (χ1n) is 9.61. The molecule has 0 atom stereocenters. The van der Waals surface area contributed by atoms with Crippen LogP contribution in [0.5, 0.6) is 0 Å². The van der Waals surface area contributed by atoms with Crippen LogP contribution in [-0.4, -0.2) is 5.91 Å². The third kappa shape index (κ3) is 3.38. The fourth-order valence-corrected chi connectivity index (χ4v) is 4.58. The average Bonchev–Trinajstić information content (AvgIpc) is 2.80. The molecular weight excluding hydrogens is 390 g/mol. The number of carbonyl (C=O) groups is 1. The van der Waals surface area contributed by atoms with E-state index in [2.05, 4.69) is 5.32 Å². The Morgan fingerprint density at radius 3 is 2.13 bits per heavy atom. The van der Waals surface area contributed by atoms with Gasteiger partial charge in [-0.3, -0.25) is 9.59 Å². The fourth-order valence-electron chi connectivity index (χ4n) is 3.53. The summed E-state index contributed by atoms with van der Waals surface area (Å²) >= 11 is 1.58. The molecule has 1 heterocycles. The molecule has 144 valence electrons. The summed E-state index contributed by atoms with van der Waals surface area (Å²) in [5, 5.41) is 4.24. The number of rotatable bonds is 3. The number of benzene rings is 4. The lowest BCUT2D eigenvalue weighted by molar-refractivity contribution is 0.102. The predicted octanol–water partition coefficient (Wildman–Crippen LogP) is 6.33. The topological polar surface area (TPSA) is 46.2 Å². The maximum Gasteiger partial charge on any atom is 0.255 e. The maximum absolute atomic E-state index is 12.9. The summed E-state index contributed by atoms with van der Waals surface area (Å²) in [5.41, 5.74) is 3.33. The van der Waals surface area contributed by atoms with Gasteiger partial charge in [-0.15, -0.1) is 11.3 Å². The lowest BCUT2D eigenvalue weighted by Crippen LogP contribution is -2.12. The first-order chi connectivity index (χ1) is 14.7. The van der Waals surface area contributed by atoms with Crippen LogP contribution >= 0.6 is 11.3 Å². The van der Waals surface area contributed by atoms with Crippen molar-refractivity contribution in [2.24, 2.45) is 0 Å². The monoisotopic (exact) mass is 407 g/mol. The van der Waals surface area contributed by atoms with E-state index in [0.29, 0.717) is 22.0 Å². The highest BCUT2D eigenvalue weighted by Gasteiger charge is 2.10. The van der Waals surface area contributed by atoms with Crippen molar-refractivity contribution in [2.75, 3.05) is 5.32 Å². The van der Waals surface area contributed by atoms with Crippen molar-refractivity contribution < 1.29 is 4.79 Å². The molecule has 5 aromatic rings. The third-order valence-corrected chi connectivity index (χ3v) is 6.24. The maximum atomic E-state index is 12.9. The lowest BCUT2D eigenvalue weighted by Gasteiger charge is -2.08. The highest BCUT2D eigenvalue weighted by molar-refractivity contribution is 7.24. The smallest absolute Gasteiger partial charge is 0.255 e. The molecule has 0 saturated heterocycles. The quantitative estimate of drug-likeness (QED) is 0.355. The van der Waals surface area contributed by atoms with Crippen LogP contribution in [0.1, 0.15) is 10.4 Å². The molecule has 1 aromatic heterocycles. The lowest BCUT2D eigenvalue weighted by atomic mass is 10.0. The molecule has 4 aromatic carbocycles. The highest BCUT2D eigenvalue weighted by atomic mass is 32.1. The van der Waals surface area contributed by atoms with Crippen molar-refractivity contribution in [1.82, 2.24) is 0 Å². The van der Waals surface area contributed by atoms with E-state index in [1.807, 2.05) is 91.0 Å². The van der Waals surface area contributed by atoms with Crippen LogP contribution in [0.25, 0.3) is 31.3 Å². The Morgan fingerprint density at radius 2 is 1.33 bits per heavy atom. The molecule has 0 saturated carbocycles. The summed E-state index contributed by atoms with van der Waals surface area (Å²) in [4.78, 5) is 25.6. The molecule has 30 heavy (non-hydrogen) atoms. The van der Waals surface area contributed by atoms with Crippen molar-refractivity contribution in [2.45, 2.75) is 0 Å². The highest BCUT2D eigenvalue weighted by Crippen LogP contribution is 2.27. The summed E-state index contributed by atoms with van der Waals surface area (Å²) in [7, 11) is 0. The van der Waals surface area contributed by atoms with E-state index >= 15 is 0 Å². The minimum Gasteiger partial charge on any atom is -0.322 e. The zero-order chi connectivity index (χ0) is 20.5. The second kappa shape index (κ2) is 7.58. The van der Waals surface area contributed by atoms with Gasteiger partial charge in [0, 0.05) is 31.4 Å². The van der Waals surface area contributed by atoms with Crippen LogP contribution in [0.4, 0.5) is 5.69 Å². The normalized spacial score (nSPS) is 10.9. The molecule has 1 amide bonds. The van der Waals surface area contributed by atoms with E-state index in [0.717, 1.165) is 20.5 Å². The van der Waals surface area contributed by atoms with Crippen LogP contribution in [0, 0.1) is 0 Å². The fraction of sp³-hybridized carbons (Fsp3) is 0. The van der Waals surface area contributed by atoms with Gasteiger partial charge >= 0.3 is 0 Å². The zero-order valence-electron chi connectivity index (χ0n) is 16.0. The van der Waals surface area contributed by atoms with Crippen molar-refractivity contribution in [3.63, 3.8) is 0 Å². The van der Waals surface area contributed by atoms with E-state index in [9.17, 15) is 9.59 Å². The standard InChI is InChI=1S/C26H17NO2S/c28-25-21-8-4-5-9-23(21)30-24-15-14-20(16-22(24)25)27-26(29)19-12-10-18(11-13-19)17-6-2-1-3-7-17/h1-16H,(H,27,29). The second-order valence-electron chi connectivity index (χ2n) is 7.04. The van der Waals surface area contributed by atoms with Gasteiger partial charge in [-0.1, -0.05) is 54.6 Å². The van der Waals surface area contributed by atoms with Gasteiger partial charge in [0.05, 0.1) is 0 Å².